The van der Waals surface area contributed by atoms with Gasteiger partial charge < -0.3 is 4.90 Å². The highest BCUT2D eigenvalue weighted by atomic mass is 32.1. The number of piperidine rings is 1. The lowest BCUT2D eigenvalue weighted by Crippen LogP contribution is -2.39. The Balaban J connectivity index is 1.73. The number of amides is 1. The van der Waals surface area contributed by atoms with Crippen molar-refractivity contribution in [2.75, 3.05) is 13.1 Å². The molecule has 3 rings (SSSR count). The van der Waals surface area contributed by atoms with Crippen LogP contribution >= 0.6 is 11.3 Å². The number of hydrogen-bond donors (Lipinski definition) is 0. The Bertz CT molecular complexity index is 543. The topological polar surface area (TPSA) is 59.0 Å². The number of rotatable bonds is 2. The molecule has 1 aliphatic rings. The maximum Gasteiger partial charge on any atom is 0.265 e. The number of aromatic nitrogens is 3. The van der Waals surface area contributed by atoms with Crippen LogP contribution in [0, 0.1) is 0 Å². The minimum Gasteiger partial charge on any atom is -0.337 e. The molecule has 0 radical (unpaired) electrons. The highest BCUT2D eigenvalue weighted by molar-refractivity contribution is 7.11. The van der Waals surface area contributed by atoms with Gasteiger partial charge in [-0.3, -0.25) is 19.7 Å². The summed E-state index contributed by atoms with van der Waals surface area (Å²) in [5.74, 6) is 0.371. The summed E-state index contributed by atoms with van der Waals surface area (Å²) in [6.07, 6.45) is 8.88. The molecule has 0 saturated carbocycles. The minimum atomic E-state index is 0.0797. The molecule has 1 saturated heterocycles. The fourth-order valence-corrected chi connectivity index (χ4v) is 2.99. The highest BCUT2D eigenvalue weighted by Gasteiger charge is 2.26. The summed E-state index contributed by atoms with van der Waals surface area (Å²) in [6, 6.07) is 0. The SMILES string of the molecule is O=C(c1cncs1)N1CCC[C@@H](c2cnccn2)C1. The summed E-state index contributed by atoms with van der Waals surface area (Å²) in [5, 5.41) is 0. The average Bonchev–Trinajstić information content (AvgIpc) is 3.02. The zero-order valence-electron chi connectivity index (χ0n) is 10.4. The first-order chi connectivity index (χ1) is 9.34. The van der Waals surface area contributed by atoms with E-state index in [9.17, 15) is 4.79 Å². The van der Waals surface area contributed by atoms with Crippen LogP contribution in [0.1, 0.15) is 34.1 Å². The Kier molecular flexibility index (Phi) is 3.50. The van der Waals surface area contributed by atoms with Gasteiger partial charge in [-0.2, -0.15) is 0 Å². The molecule has 2 aromatic heterocycles. The van der Waals surface area contributed by atoms with E-state index in [1.165, 1.54) is 11.3 Å². The first-order valence-electron chi connectivity index (χ1n) is 6.28. The number of hydrogen-bond acceptors (Lipinski definition) is 5. The molecule has 0 aromatic carbocycles. The van der Waals surface area contributed by atoms with E-state index in [1.54, 1.807) is 30.3 Å². The van der Waals surface area contributed by atoms with Crippen molar-refractivity contribution in [3.8, 4) is 0 Å². The molecule has 6 heteroatoms. The largest absolute Gasteiger partial charge is 0.337 e. The second-order valence-corrected chi connectivity index (χ2v) is 5.47. The molecule has 1 fully saturated rings. The van der Waals surface area contributed by atoms with Crippen LogP contribution in [-0.4, -0.2) is 38.8 Å². The van der Waals surface area contributed by atoms with E-state index in [0.29, 0.717) is 10.8 Å². The summed E-state index contributed by atoms with van der Waals surface area (Å²) in [7, 11) is 0. The second-order valence-electron chi connectivity index (χ2n) is 4.59. The van der Waals surface area contributed by atoms with Crippen LogP contribution in [0.4, 0.5) is 0 Å². The van der Waals surface area contributed by atoms with E-state index in [1.807, 2.05) is 4.90 Å². The number of nitrogens with zero attached hydrogens (tertiary/aromatic N) is 4. The molecule has 1 aliphatic heterocycles. The van der Waals surface area contributed by atoms with Crippen LogP contribution in [0.3, 0.4) is 0 Å². The predicted octanol–water partition coefficient (Wildman–Crippen LogP) is 1.95. The first kappa shape index (κ1) is 12.2. The van der Waals surface area contributed by atoms with Crippen molar-refractivity contribution >= 4 is 17.2 Å². The number of carbonyl (C=O) groups excluding carboxylic acids is 1. The number of likely N-dealkylation sites (tertiary alicyclic amines) is 1. The predicted molar refractivity (Wildman–Crippen MR) is 72.0 cm³/mol. The minimum absolute atomic E-state index is 0.0797. The molecule has 0 N–H and O–H groups in total. The normalized spacial score (nSPS) is 19.4. The van der Waals surface area contributed by atoms with Gasteiger partial charge in [0.2, 0.25) is 0 Å². The molecule has 1 amide bonds. The van der Waals surface area contributed by atoms with Gasteiger partial charge in [-0.05, 0) is 12.8 Å². The Morgan fingerprint density at radius 2 is 2.26 bits per heavy atom. The summed E-state index contributed by atoms with van der Waals surface area (Å²) >= 11 is 1.39. The fraction of sp³-hybridized carbons (Fsp3) is 0.385. The standard InChI is InChI=1S/C13H14N4OS/c18-13(12-7-15-9-19-12)17-5-1-2-10(8-17)11-6-14-3-4-16-11/h3-4,6-7,9-10H,1-2,5,8H2/t10-/m1/s1. The third-order valence-electron chi connectivity index (χ3n) is 3.35. The lowest BCUT2D eigenvalue weighted by molar-refractivity contribution is 0.0710. The molecule has 0 aliphatic carbocycles. The molecule has 3 heterocycles. The van der Waals surface area contributed by atoms with Crippen LogP contribution in [0.15, 0.2) is 30.3 Å². The van der Waals surface area contributed by atoms with E-state index in [0.717, 1.165) is 31.6 Å². The van der Waals surface area contributed by atoms with Crippen molar-refractivity contribution in [3.63, 3.8) is 0 Å². The molecule has 98 valence electrons. The van der Waals surface area contributed by atoms with Crippen LogP contribution in [-0.2, 0) is 0 Å². The summed E-state index contributed by atoms with van der Waals surface area (Å²) in [6.45, 7) is 1.53. The van der Waals surface area contributed by atoms with Crippen molar-refractivity contribution in [2.24, 2.45) is 0 Å². The monoisotopic (exact) mass is 274 g/mol. The Labute approximate surface area is 115 Å². The summed E-state index contributed by atoms with van der Waals surface area (Å²) in [4.78, 5) is 27.3. The molecule has 0 spiro atoms. The molecule has 2 aromatic rings. The Morgan fingerprint density at radius 3 is 3.00 bits per heavy atom. The lowest BCUT2D eigenvalue weighted by atomic mass is 9.95. The molecular formula is C13H14N4OS. The Hall–Kier alpha value is -1.82. The lowest BCUT2D eigenvalue weighted by Gasteiger charge is -2.32. The Morgan fingerprint density at radius 1 is 1.32 bits per heavy atom. The van der Waals surface area contributed by atoms with Crippen LogP contribution in [0.2, 0.25) is 0 Å². The third kappa shape index (κ3) is 2.63. The van der Waals surface area contributed by atoms with E-state index >= 15 is 0 Å². The van der Waals surface area contributed by atoms with Gasteiger partial charge in [0.15, 0.2) is 0 Å². The van der Waals surface area contributed by atoms with E-state index in [4.69, 9.17) is 0 Å². The number of carbonyl (C=O) groups is 1. The van der Waals surface area contributed by atoms with Crippen molar-refractivity contribution in [1.29, 1.82) is 0 Å². The van der Waals surface area contributed by atoms with Gasteiger partial charge in [-0.15, -0.1) is 11.3 Å². The maximum atomic E-state index is 12.3. The van der Waals surface area contributed by atoms with Gasteiger partial charge in [0.1, 0.15) is 4.88 Å². The van der Waals surface area contributed by atoms with Gasteiger partial charge in [0.25, 0.3) is 5.91 Å². The zero-order chi connectivity index (χ0) is 13.1. The van der Waals surface area contributed by atoms with Crippen LogP contribution in [0.25, 0.3) is 0 Å². The molecular weight excluding hydrogens is 260 g/mol. The highest BCUT2D eigenvalue weighted by Crippen LogP contribution is 2.26. The molecule has 0 bridgehead atoms. The van der Waals surface area contributed by atoms with Crippen molar-refractivity contribution in [1.82, 2.24) is 19.9 Å². The van der Waals surface area contributed by atoms with Crippen LogP contribution < -0.4 is 0 Å². The van der Waals surface area contributed by atoms with Gasteiger partial charge in [0, 0.05) is 37.6 Å². The zero-order valence-corrected chi connectivity index (χ0v) is 11.2. The molecule has 0 unspecified atom stereocenters. The average molecular weight is 274 g/mol. The summed E-state index contributed by atoms with van der Waals surface area (Å²) in [5.41, 5.74) is 2.67. The van der Waals surface area contributed by atoms with Gasteiger partial charge in [0.05, 0.1) is 17.4 Å². The molecule has 1 atom stereocenters. The van der Waals surface area contributed by atoms with Gasteiger partial charge >= 0.3 is 0 Å². The van der Waals surface area contributed by atoms with Crippen molar-refractivity contribution in [2.45, 2.75) is 18.8 Å². The second kappa shape index (κ2) is 5.44. The maximum absolute atomic E-state index is 12.3. The van der Waals surface area contributed by atoms with Gasteiger partial charge in [-0.25, -0.2) is 0 Å². The van der Waals surface area contributed by atoms with Crippen molar-refractivity contribution < 1.29 is 4.79 Å². The fourth-order valence-electron chi connectivity index (χ4n) is 2.40. The summed E-state index contributed by atoms with van der Waals surface area (Å²) < 4.78 is 0. The smallest absolute Gasteiger partial charge is 0.265 e. The quantitative estimate of drug-likeness (QED) is 0.840. The number of thiazole rings is 1. The van der Waals surface area contributed by atoms with E-state index < -0.39 is 0 Å². The van der Waals surface area contributed by atoms with E-state index in [2.05, 4.69) is 15.0 Å². The molecule has 19 heavy (non-hydrogen) atoms. The first-order valence-corrected chi connectivity index (χ1v) is 7.16. The van der Waals surface area contributed by atoms with Crippen LogP contribution in [0.5, 0.6) is 0 Å². The third-order valence-corrected chi connectivity index (χ3v) is 4.11. The van der Waals surface area contributed by atoms with Gasteiger partial charge in [-0.1, -0.05) is 0 Å². The molecule has 5 nitrogen and oxygen atoms in total. The van der Waals surface area contributed by atoms with E-state index in [-0.39, 0.29) is 5.91 Å². The van der Waals surface area contributed by atoms with Crippen molar-refractivity contribution in [3.05, 3.63) is 40.9 Å².